The molecule has 5 heteroatoms. The van der Waals surface area contributed by atoms with Gasteiger partial charge in [0.15, 0.2) is 0 Å². The molecule has 1 aromatic heterocycles. The monoisotopic (exact) mass is 299 g/mol. The minimum Gasteiger partial charge on any atom is -0.393 e. The van der Waals surface area contributed by atoms with Gasteiger partial charge in [0.05, 0.1) is 6.61 Å². The largest absolute Gasteiger partial charge is 0.393 e. The van der Waals surface area contributed by atoms with Crippen LogP contribution in [0.5, 0.6) is 0 Å². The molecule has 2 aromatic rings. The van der Waals surface area contributed by atoms with Crippen LogP contribution in [0, 0.1) is 12.3 Å². The number of hydrogen-bond acceptors (Lipinski definition) is 5. The van der Waals surface area contributed by atoms with Crippen LogP contribution >= 0.6 is 0 Å². The third kappa shape index (κ3) is 3.50. The number of aromatic nitrogens is 1. The Hall–Kier alpha value is -2.24. The Balaban J connectivity index is 2.45. The summed E-state index contributed by atoms with van der Waals surface area (Å²) in [4.78, 5) is 4.30. The standard InChI is InChI=1S/C17H21N3O2/c1-3-14(18)16-13(15(22)10-21)8-9-19-17(16)20-12-6-4-11(2)5-7-12/h4-9,15,18,21-22H,3,10H2,1-2H3,(H,19,20). The molecule has 1 aromatic carbocycles. The second-order valence-electron chi connectivity index (χ2n) is 5.15. The minimum atomic E-state index is -1.02. The van der Waals surface area contributed by atoms with Crippen LogP contribution in [0.2, 0.25) is 0 Å². The lowest BCUT2D eigenvalue weighted by Crippen LogP contribution is -2.13. The Bertz CT molecular complexity index is 653. The molecule has 0 fully saturated rings. The average molecular weight is 299 g/mol. The fourth-order valence-corrected chi connectivity index (χ4v) is 2.22. The van der Waals surface area contributed by atoms with Crippen molar-refractivity contribution in [2.24, 2.45) is 0 Å². The molecular weight excluding hydrogens is 278 g/mol. The van der Waals surface area contributed by atoms with Crippen LogP contribution in [0.4, 0.5) is 11.5 Å². The summed E-state index contributed by atoms with van der Waals surface area (Å²) in [7, 11) is 0. The maximum absolute atomic E-state index is 9.98. The number of pyridine rings is 1. The predicted molar refractivity (Wildman–Crippen MR) is 87.9 cm³/mol. The van der Waals surface area contributed by atoms with Crippen molar-refractivity contribution in [3.05, 3.63) is 53.2 Å². The molecule has 0 aliphatic carbocycles. The number of benzene rings is 1. The first-order valence-corrected chi connectivity index (χ1v) is 7.26. The highest BCUT2D eigenvalue weighted by atomic mass is 16.3. The zero-order valence-corrected chi connectivity index (χ0v) is 12.8. The van der Waals surface area contributed by atoms with Crippen molar-refractivity contribution in [1.82, 2.24) is 4.98 Å². The van der Waals surface area contributed by atoms with Gasteiger partial charge in [-0.2, -0.15) is 0 Å². The van der Waals surface area contributed by atoms with E-state index in [1.54, 1.807) is 12.3 Å². The number of aryl methyl sites for hydroxylation is 1. The highest BCUT2D eigenvalue weighted by molar-refractivity contribution is 6.04. The molecule has 1 atom stereocenters. The molecule has 1 heterocycles. The number of rotatable bonds is 6. The molecule has 0 bridgehead atoms. The van der Waals surface area contributed by atoms with Crippen LogP contribution in [-0.2, 0) is 0 Å². The molecule has 2 rings (SSSR count). The van der Waals surface area contributed by atoms with Gasteiger partial charge in [-0.25, -0.2) is 4.98 Å². The van der Waals surface area contributed by atoms with Gasteiger partial charge >= 0.3 is 0 Å². The van der Waals surface area contributed by atoms with Crippen molar-refractivity contribution < 1.29 is 10.2 Å². The van der Waals surface area contributed by atoms with Crippen molar-refractivity contribution in [2.45, 2.75) is 26.4 Å². The quantitative estimate of drug-likeness (QED) is 0.617. The van der Waals surface area contributed by atoms with Gasteiger partial charge in [-0.05, 0) is 37.1 Å². The number of nitrogens with zero attached hydrogens (tertiary/aromatic N) is 1. The molecule has 0 spiro atoms. The van der Waals surface area contributed by atoms with Crippen LogP contribution in [0.3, 0.4) is 0 Å². The molecule has 0 aliphatic heterocycles. The van der Waals surface area contributed by atoms with E-state index in [-0.39, 0.29) is 0 Å². The van der Waals surface area contributed by atoms with Gasteiger partial charge in [0.25, 0.3) is 0 Å². The Morgan fingerprint density at radius 2 is 1.95 bits per heavy atom. The third-order valence-corrected chi connectivity index (χ3v) is 3.48. The number of anilines is 2. The molecule has 116 valence electrons. The van der Waals surface area contributed by atoms with Crippen LogP contribution in [0.1, 0.15) is 36.1 Å². The molecule has 5 nitrogen and oxygen atoms in total. The van der Waals surface area contributed by atoms with E-state index >= 15 is 0 Å². The van der Waals surface area contributed by atoms with Crippen molar-refractivity contribution in [2.75, 3.05) is 11.9 Å². The van der Waals surface area contributed by atoms with Gasteiger partial charge in [0.2, 0.25) is 0 Å². The van der Waals surface area contributed by atoms with E-state index in [1.165, 1.54) is 0 Å². The van der Waals surface area contributed by atoms with E-state index in [4.69, 9.17) is 5.41 Å². The SMILES string of the molecule is CCC(=N)c1c(C(O)CO)ccnc1Nc1ccc(C)cc1. The predicted octanol–water partition coefficient (Wildman–Crippen LogP) is 2.94. The van der Waals surface area contributed by atoms with Gasteiger partial charge in [-0.3, -0.25) is 0 Å². The molecule has 0 radical (unpaired) electrons. The number of nitrogens with one attached hydrogen (secondary N) is 2. The highest BCUT2D eigenvalue weighted by Gasteiger charge is 2.18. The average Bonchev–Trinajstić information content (AvgIpc) is 2.55. The van der Waals surface area contributed by atoms with Crippen LogP contribution in [0.15, 0.2) is 36.5 Å². The van der Waals surface area contributed by atoms with Gasteiger partial charge in [-0.15, -0.1) is 0 Å². The van der Waals surface area contributed by atoms with Crippen LogP contribution in [0.25, 0.3) is 0 Å². The second-order valence-corrected chi connectivity index (χ2v) is 5.15. The van der Waals surface area contributed by atoms with E-state index in [1.807, 2.05) is 38.1 Å². The first-order chi connectivity index (χ1) is 10.6. The number of aliphatic hydroxyl groups is 2. The Kier molecular flexibility index (Phi) is 5.25. The lowest BCUT2D eigenvalue weighted by Gasteiger charge is -2.18. The smallest absolute Gasteiger partial charge is 0.139 e. The number of aliphatic hydroxyl groups excluding tert-OH is 2. The molecular formula is C17H21N3O2. The molecule has 4 N–H and O–H groups in total. The van der Waals surface area contributed by atoms with E-state index in [0.29, 0.717) is 29.1 Å². The zero-order chi connectivity index (χ0) is 16.1. The van der Waals surface area contributed by atoms with Crippen LogP contribution < -0.4 is 5.32 Å². The third-order valence-electron chi connectivity index (χ3n) is 3.48. The molecule has 0 saturated heterocycles. The van der Waals surface area contributed by atoms with E-state index < -0.39 is 12.7 Å². The lowest BCUT2D eigenvalue weighted by molar-refractivity contribution is 0.0954. The topological polar surface area (TPSA) is 89.2 Å². The fraction of sp³-hybridized carbons (Fsp3) is 0.294. The Morgan fingerprint density at radius 3 is 2.55 bits per heavy atom. The first-order valence-electron chi connectivity index (χ1n) is 7.26. The molecule has 22 heavy (non-hydrogen) atoms. The maximum atomic E-state index is 9.98. The normalized spacial score (nSPS) is 12.0. The molecule has 0 aliphatic rings. The van der Waals surface area contributed by atoms with Crippen molar-refractivity contribution >= 4 is 17.2 Å². The summed E-state index contributed by atoms with van der Waals surface area (Å²) >= 11 is 0. The minimum absolute atomic E-state index is 0.366. The van der Waals surface area contributed by atoms with E-state index in [2.05, 4.69) is 10.3 Å². The fourth-order valence-electron chi connectivity index (χ4n) is 2.22. The van der Waals surface area contributed by atoms with Crippen molar-refractivity contribution in [3.63, 3.8) is 0 Å². The number of hydrogen-bond donors (Lipinski definition) is 4. The lowest BCUT2D eigenvalue weighted by atomic mass is 9.98. The summed E-state index contributed by atoms with van der Waals surface area (Å²) in [5, 5.41) is 30.5. The van der Waals surface area contributed by atoms with Gasteiger partial charge in [-0.1, -0.05) is 24.6 Å². The van der Waals surface area contributed by atoms with E-state index in [0.717, 1.165) is 11.3 Å². The molecule has 0 saturated carbocycles. The summed E-state index contributed by atoms with van der Waals surface area (Å²) in [6.45, 7) is 3.50. The van der Waals surface area contributed by atoms with Crippen molar-refractivity contribution in [1.29, 1.82) is 5.41 Å². The summed E-state index contributed by atoms with van der Waals surface area (Å²) < 4.78 is 0. The van der Waals surface area contributed by atoms with Gasteiger partial charge in [0.1, 0.15) is 11.9 Å². The van der Waals surface area contributed by atoms with Gasteiger partial charge in [0, 0.05) is 23.2 Å². The summed E-state index contributed by atoms with van der Waals surface area (Å²) in [5.41, 5.74) is 3.44. The second kappa shape index (κ2) is 7.15. The van der Waals surface area contributed by atoms with Gasteiger partial charge < -0.3 is 20.9 Å². The van der Waals surface area contributed by atoms with Crippen LogP contribution in [-0.4, -0.2) is 27.5 Å². The van der Waals surface area contributed by atoms with E-state index in [9.17, 15) is 10.2 Å². The highest BCUT2D eigenvalue weighted by Crippen LogP contribution is 2.27. The summed E-state index contributed by atoms with van der Waals surface area (Å²) in [6, 6.07) is 9.48. The Morgan fingerprint density at radius 1 is 1.27 bits per heavy atom. The molecule has 1 unspecified atom stereocenters. The summed E-state index contributed by atoms with van der Waals surface area (Å²) in [5.74, 6) is 0.515. The van der Waals surface area contributed by atoms with Crippen molar-refractivity contribution in [3.8, 4) is 0 Å². The Labute approximate surface area is 130 Å². The maximum Gasteiger partial charge on any atom is 0.139 e. The molecule has 0 amide bonds. The first kappa shape index (κ1) is 16.1. The summed E-state index contributed by atoms with van der Waals surface area (Å²) in [6.07, 6.45) is 1.06. The zero-order valence-electron chi connectivity index (χ0n) is 12.8.